The summed E-state index contributed by atoms with van der Waals surface area (Å²) >= 11 is 5.09. The number of rotatable bonds is 1. The molecular weight excluding hydrogens is 470 g/mol. The van der Waals surface area contributed by atoms with Crippen LogP contribution in [0.2, 0.25) is 0 Å². The van der Waals surface area contributed by atoms with Gasteiger partial charge >= 0.3 is 12.4 Å². The molecule has 1 saturated heterocycles. The van der Waals surface area contributed by atoms with Gasteiger partial charge in [0, 0.05) is 7.11 Å². The highest BCUT2D eigenvalue weighted by Crippen LogP contribution is 2.65. The van der Waals surface area contributed by atoms with Gasteiger partial charge in [0.05, 0.1) is 0 Å². The van der Waals surface area contributed by atoms with Crippen molar-refractivity contribution in [1.82, 2.24) is 0 Å². The van der Waals surface area contributed by atoms with E-state index in [2.05, 4.69) is 41.3 Å². The number of aliphatic hydroxyl groups is 1. The molecule has 1 heterocycles. The van der Waals surface area contributed by atoms with Gasteiger partial charge in [-0.05, 0) is 19.3 Å². The van der Waals surface area contributed by atoms with Crippen molar-refractivity contribution in [3.63, 3.8) is 0 Å². The topological polar surface area (TPSA) is 55.8 Å². The van der Waals surface area contributed by atoms with Crippen molar-refractivity contribution >= 4 is 37.6 Å². The van der Waals surface area contributed by atoms with Gasteiger partial charge < -0.3 is 9.84 Å². The molecule has 0 radical (unpaired) electrons. The Morgan fingerprint density at radius 2 is 1.57 bits per heavy atom. The van der Waals surface area contributed by atoms with Gasteiger partial charge in [0.1, 0.15) is 8.65 Å². The van der Waals surface area contributed by atoms with Crippen LogP contribution in [0.15, 0.2) is 0 Å². The first-order valence-corrected chi connectivity index (χ1v) is 7.75. The van der Waals surface area contributed by atoms with Gasteiger partial charge in [-0.2, -0.15) is 26.3 Å². The van der Waals surface area contributed by atoms with Crippen molar-refractivity contribution in [3.8, 4) is 0 Å². The largest absolute Gasteiger partial charge is 0.445 e. The van der Waals surface area contributed by atoms with E-state index >= 15 is 0 Å². The zero-order valence-corrected chi connectivity index (χ0v) is 14.5. The Morgan fingerprint density at radius 3 is 1.96 bits per heavy atom. The summed E-state index contributed by atoms with van der Waals surface area (Å²) in [6.07, 6.45) is -12.5. The summed E-state index contributed by atoms with van der Waals surface area (Å²) in [5.74, 6) is -9.96. The molecule has 0 aromatic carbocycles. The molecule has 2 rings (SSSR count). The first-order chi connectivity index (χ1) is 10.1. The Hall–Kier alpha value is 0.0900. The number of carbonyl (C=O) groups excluding carboxylic acids is 1. The van der Waals surface area contributed by atoms with Crippen LogP contribution in [0.3, 0.4) is 0 Å². The number of halogens is 8. The van der Waals surface area contributed by atoms with Crippen LogP contribution >= 0.6 is 31.9 Å². The SMILES string of the molecule is CO[C@]1(C(F)(F)F)O[C@@](O)(C(F)(F)F)[C@]2(Br)CCC[C@@]1(Br)C2=O. The normalized spacial score (nSPS) is 45.2. The molecule has 12 heteroatoms. The predicted octanol–water partition coefficient (Wildman–Crippen LogP) is 3.19. The number of carbonyl (C=O) groups is 1. The number of Topliss-reactive ketones (excluding diaryl/α,β-unsaturated/α-hetero) is 1. The molecule has 4 nitrogen and oxygen atoms in total. The van der Waals surface area contributed by atoms with Crippen LogP contribution < -0.4 is 0 Å². The second-order valence-corrected chi connectivity index (χ2v) is 8.05. The molecule has 4 atom stereocenters. The van der Waals surface area contributed by atoms with Gasteiger partial charge in [0.25, 0.3) is 11.6 Å². The lowest BCUT2D eigenvalue weighted by molar-refractivity contribution is -0.493. The molecule has 0 spiro atoms. The van der Waals surface area contributed by atoms with Crippen molar-refractivity contribution in [2.45, 2.75) is 51.8 Å². The fourth-order valence-corrected chi connectivity index (χ4v) is 5.29. The fourth-order valence-electron chi connectivity index (χ4n) is 3.01. The quantitative estimate of drug-likeness (QED) is 0.463. The molecule has 0 aromatic heterocycles. The average Bonchev–Trinajstić information content (AvgIpc) is 2.37. The lowest BCUT2D eigenvalue weighted by atomic mass is 9.69. The Bertz CT molecular complexity index is 540. The van der Waals surface area contributed by atoms with Gasteiger partial charge in [-0.1, -0.05) is 31.9 Å². The number of hydrogen-bond acceptors (Lipinski definition) is 4. The maximum absolute atomic E-state index is 13.5. The molecular formula is C11H10Br2F6O4. The summed E-state index contributed by atoms with van der Waals surface area (Å²) in [4.78, 5) is 12.5. The molecule has 134 valence electrons. The first-order valence-electron chi connectivity index (χ1n) is 6.17. The summed E-state index contributed by atoms with van der Waals surface area (Å²) in [7, 11) is 0.455. The summed E-state index contributed by atoms with van der Waals surface area (Å²) in [6.45, 7) is 0. The van der Waals surface area contributed by atoms with E-state index in [0.717, 1.165) is 0 Å². The number of fused-ring (bicyclic) bond motifs is 2. The Morgan fingerprint density at radius 1 is 1.09 bits per heavy atom. The number of hydrogen-bond donors (Lipinski definition) is 1. The molecule has 1 aliphatic heterocycles. The molecule has 2 bridgehead atoms. The van der Waals surface area contributed by atoms with Crippen molar-refractivity contribution in [2.75, 3.05) is 7.11 Å². The highest BCUT2D eigenvalue weighted by Gasteiger charge is 2.87. The summed E-state index contributed by atoms with van der Waals surface area (Å²) in [5.41, 5.74) is 0. The van der Waals surface area contributed by atoms with Crippen molar-refractivity contribution in [1.29, 1.82) is 0 Å². The minimum atomic E-state index is -5.69. The van der Waals surface area contributed by atoms with Crippen molar-refractivity contribution in [3.05, 3.63) is 0 Å². The second-order valence-electron chi connectivity index (χ2n) is 5.35. The van der Waals surface area contributed by atoms with Crippen LogP contribution in [-0.2, 0) is 14.3 Å². The van der Waals surface area contributed by atoms with E-state index in [1.165, 1.54) is 0 Å². The lowest BCUT2D eigenvalue weighted by Crippen LogP contribution is -2.84. The zero-order valence-electron chi connectivity index (χ0n) is 11.3. The van der Waals surface area contributed by atoms with E-state index in [-0.39, 0.29) is 6.42 Å². The predicted molar refractivity (Wildman–Crippen MR) is 70.1 cm³/mol. The van der Waals surface area contributed by atoms with Crippen LogP contribution in [0.5, 0.6) is 0 Å². The Labute approximate surface area is 142 Å². The van der Waals surface area contributed by atoms with Crippen molar-refractivity contribution in [2.24, 2.45) is 0 Å². The van der Waals surface area contributed by atoms with Crippen LogP contribution in [0.1, 0.15) is 19.3 Å². The van der Waals surface area contributed by atoms with Crippen molar-refractivity contribution < 1.29 is 45.7 Å². The Kier molecular flexibility index (Phi) is 4.27. The van der Waals surface area contributed by atoms with Gasteiger partial charge in [0.2, 0.25) is 0 Å². The number of methoxy groups -OCH3 is 1. The molecule has 1 saturated carbocycles. The van der Waals surface area contributed by atoms with Crippen LogP contribution in [0, 0.1) is 0 Å². The average molecular weight is 480 g/mol. The Balaban J connectivity index is 2.81. The second kappa shape index (κ2) is 5.05. The van der Waals surface area contributed by atoms with E-state index in [9.17, 15) is 36.2 Å². The number of ketones is 1. The van der Waals surface area contributed by atoms with Crippen LogP contribution in [0.25, 0.3) is 0 Å². The molecule has 1 aliphatic carbocycles. The van der Waals surface area contributed by atoms with Crippen LogP contribution in [-0.4, -0.2) is 50.6 Å². The molecule has 1 N–H and O–H groups in total. The molecule has 2 fully saturated rings. The molecule has 2 aliphatic rings. The zero-order chi connectivity index (χ0) is 18.1. The molecule has 23 heavy (non-hydrogen) atoms. The van der Waals surface area contributed by atoms with E-state index < -0.39 is 51.2 Å². The van der Waals surface area contributed by atoms with E-state index in [1.807, 2.05) is 0 Å². The number of alkyl halides is 8. The maximum Gasteiger partial charge on any atom is 0.445 e. The molecule has 0 amide bonds. The third-order valence-corrected chi connectivity index (χ3v) is 6.73. The minimum absolute atomic E-state index is 0.217. The standard InChI is InChI=1S/C11H10Br2F6O4/c1-22-9(11(17,18)19)7(13)4-2-3-6(12,5(7)20)8(21,23-9)10(14,15)16/h21H,2-4H2,1H3/t6-,7+,8+,9-/m0/s1. The summed E-state index contributed by atoms with van der Waals surface area (Å²) in [6, 6.07) is 0. The lowest BCUT2D eigenvalue weighted by Gasteiger charge is -2.60. The smallest absolute Gasteiger partial charge is 0.357 e. The van der Waals surface area contributed by atoms with E-state index in [0.29, 0.717) is 7.11 Å². The monoisotopic (exact) mass is 478 g/mol. The molecule has 0 aromatic rings. The van der Waals surface area contributed by atoms with Gasteiger partial charge in [-0.3, -0.25) is 9.53 Å². The van der Waals surface area contributed by atoms with E-state index in [1.54, 1.807) is 0 Å². The summed E-state index contributed by atoms with van der Waals surface area (Å²) in [5, 5.41) is 9.98. The van der Waals surface area contributed by atoms with E-state index in [4.69, 9.17) is 0 Å². The van der Waals surface area contributed by atoms with Gasteiger partial charge in [0.15, 0.2) is 5.78 Å². The maximum atomic E-state index is 13.5. The van der Waals surface area contributed by atoms with Gasteiger partial charge in [-0.25, -0.2) is 0 Å². The minimum Gasteiger partial charge on any atom is -0.357 e. The highest BCUT2D eigenvalue weighted by molar-refractivity contribution is 9.11. The third-order valence-electron chi connectivity index (χ3n) is 4.16. The summed E-state index contributed by atoms with van der Waals surface area (Å²) < 4.78 is 83.6. The number of ether oxygens (including phenoxy) is 2. The van der Waals surface area contributed by atoms with Crippen LogP contribution in [0.4, 0.5) is 26.3 Å². The molecule has 0 unspecified atom stereocenters. The first kappa shape index (κ1) is 19.4. The van der Waals surface area contributed by atoms with Gasteiger partial charge in [-0.15, -0.1) is 0 Å². The highest BCUT2D eigenvalue weighted by atomic mass is 79.9. The third kappa shape index (κ3) is 2.10. The fraction of sp³-hybridized carbons (Fsp3) is 0.909.